The minimum Gasteiger partial charge on any atom is -0.475 e. The van der Waals surface area contributed by atoms with Gasteiger partial charge >= 0.3 is 12.1 Å². The van der Waals surface area contributed by atoms with E-state index in [4.69, 9.17) is 24.6 Å². The lowest BCUT2D eigenvalue weighted by molar-refractivity contribution is -0.192. The number of alkyl halides is 3. The van der Waals surface area contributed by atoms with Crippen molar-refractivity contribution in [2.24, 2.45) is 0 Å². The van der Waals surface area contributed by atoms with Crippen LogP contribution in [0, 0.1) is 6.92 Å². The van der Waals surface area contributed by atoms with Crippen LogP contribution in [0.2, 0.25) is 0 Å². The first-order chi connectivity index (χ1) is 17.1. The molecule has 3 aromatic rings. The zero-order valence-corrected chi connectivity index (χ0v) is 19.4. The van der Waals surface area contributed by atoms with Crippen LogP contribution in [0.15, 0.2) is 11.1 Å². The van der Waals surface area contributed by atoms with E-state index in [2.05, 4.69) is 20.0 Å². The number of rotatable bonds is 3. The molecule has 1 aliphatic carbocycles. The maximum absolute atomic E-state index is 12.7. The number of imidazole rings is 1. The highest BCUT2D eigenvalue weighted by Gasteiger charge is 2.38. The Kier molecular flexibility index (Phi) is 6.14. The van der Waals surface area contributed by atoms with Crippen LogP contribution in [-0.2, 0) is 22.5 Å². The number of carbonyl (C=O) groups is 1. The summed E-state index contributed by atoms with van der Waals surface area (Å²) in [5.41, 5.74) is 3.60. The molecule has 36 heavy (non-hydrogen) atoms. The molecule has 0 unspecified atom stereocenters. The van der Waals surface area contributed by atoms with Crippen LogP contribution in [0.5, 0.6) is 0 Å². The molecule has 3 aliphatic rings. The Balaban J connectivity index is 0.000000338. The molecule has 2 aliphatic heterocycles. The van der Waals surface area contributed by atoms with Crippen molar-refractivity contribution in [3.63, 3.8) is 0 Å². The van der Waals surface area contributed by atoms with Gasteiger partial charge in [0.1, 0.15) is 23.5 Å². The van der Waals surface area contributed by atoms with E-state index in [1.165, 1.54) is 0 Å². The second-order valence-electron chi connectivity index (χ2n) is 9.07. The first-order valence-corrected chi connectivity index (χ1v) is 11.6. The molecule has 0 amide bonds. The highest BCUT2D eigenvalue weighted by molar-refractivity contribution is 5.73. The number of carboxylic acids is 1. The molecule has 192 valence electrons. The lowest BCUT2D eigenvalue weighted by Crippen LogP contribution is -2.37. The summed E-state index contributed by atoms with van der Waals surface area (Å²) in [4.78, 5) is 41.0. The lowest BCUT2D eigenvalue weighted by Gasteiger charge is -2.29. The second kappa shape index (κ2) is 9.15. The summed E-state index contributed by atoms with van der Waals surface area (Å²) in [6.45, 7) is 4.66. The van der Waals surface area contributed by atoms with Gasteiger partial charge in [-0.05, 0) is 26.2 Å². The Morgan fingerprint density at radius 1 is 1.22 bits per heavy atom. The van der Waals surface area contributed by atoms with E-state index in [1.807, 2.05) is 11.4 Å². The van der Waals surface area contributed by atoms with Gasteiger partial charge in [0.25, 0.3) is 5.56 Å². The largest absolute Gasteiger partial charge is 0.490 e. The highest BCUT2D eigenvalue weighted by Crippen LogP contribution is 2.38. The Hall–Kier alpha value is -3.55. The normalized spacial score (nSPS) is 19.7. The Morgan fingerprint density at radius 2 is 1.97 bits per heavy atom. The summed E-state index contributed by atoms with van der Waals surface area (Å²) in [5.74, 6) is 0.481. The van der Waals surface area contributed by atoms with E-state index in [-0.39, 0.29) is 11.5 Å². The van der Waals surface area contributed by atoms with Crippen molar-refractivity contribution in [2.45, 2.75) is 57.2 Å². The van der Waals surface area contributed by atoms with Crippen LogP contribution in [0.1, 0.15) is 59.7 Å². The molecule has 5 heterocycles. The maximum atomic E-state index is 12.7. The number of hydrogen-bond donors (Lipinski definition) is 2. The SMILES string of the molecule is Cc1nc([C@@H]2CCOC2)c2c(N3CCc4nc(C5CC5)[nH]c(=O)c4C3)ncnn12.O=C(O)C(F)(F)F. The number of ether oxygens (including phenoxy) is 1. The molecule has 11 nitrogen and oxygen atoms in total. The number of aryl methyl sites for hydroxylation is 1. The third-order valence-corrected chi connectivity index (χ3v) is 6.51. The first-order valence-electron chi connectivity index (χ1n) is 11.6. The molecule has 1 saturated carbocycles. The smallest absolute Gasteiger partial charge is 0.475 e. The quantitative estimate of drug-likeness (QED) is 0.546. The van der Waals surface area contributed by atoms with E-state index in [0.717, 1.165) is 78.8 Å². The third-order valence-electron chi connectivity index (χ3n) is 6.51. The molecule has 0 spiro atoms. The molecular weight excluding hydrogens is 483 g/mol. The number of halogens is 3. The van der Waals surface area contributed by atoms with Gasteiger partial charge in [-0.2, -0.15) is 18.3 Å². The fourth-order valence-electron chi connectivity index (χ4n) is 4.53. The van der Waals surface area contributed by atoms with Crippen LogP contribution >= 0.6 is 0 Å². The minimum absolute atomic E-state index is 0.0132. The van der Waals surface area contributed by atoms with Crippen LogP contribution < -0.4 is 10.5 Å². The minimum atomic E-state index is -5.08. The van der Waals surface area contributed by atoms with Crippen LogP contribution in [0.4, 0.5) is 19.0 Å². The number of carboxylic acid groups (broad SMARTS) is 1. The van der Waals surface area contributed by atoms with Gasteiger partial charge in [0.05, 0.1) is 30.1 Å². The molecule has 3 aromatic heterocycles. The average molecular weight is 507 g/mol. The molecule has 1 atom stereocenters. The van der Waals surface area contributed by atoms with Gasteiger partial charge < -0.3 is 19.7 Å². The number of nitrogens with zero attached hydrogens (tertiary/aromatic N) is 6. The number of aromatic amines is 1. The number of H-pyrrole nitrogens is 1. The van der Waals surface area contributed by atoms with Crippen LogP contribution in [-0.4, -0.2) is 66.6 Å². The Morgan fingerprint density at radius 3 is 2.61 bits per heavy atom. The van der Waals surface area contributed by atoms with Gasteiger partial charge in [-0.15, -0.1) is 0 Å². The predicted molar refractivity (Wildman–Crippen MR) is 119 cm³/mol. The van der Waals surface area contributed by atoms with Gasteiger partial charge in [-0.25, -0.2) is 24.3 Å². The number of anilines is 1. The summed E-state index contributed by atoms with van der Waals surface area (Å²) < 4.78 is 39.2. The number of nitrogens with one attached hydrogen (secondary N) is 1. The van der Waals surface area contributed by atoms with E-state index < -0.39 is 12.1 Å². The Labute approximate surface area is 202 Å². The van der Waals surface area contributed by atoms with Crippen molar-refractivity contribution in [3.8, 4) is 0 Å². The molecule has 2 fully saturated rings. The van der Waals surface area contributed by atoms with Crippen molar-refractivity contribution in [1.29, 1.82) is 0 Å². The van der Waals surface area contributed by atoms with Gasteiger partial charge in [0.2, 0.25) is 0 Å². The Bertz CT molecular complexity index is 1360. The van der Waals surface area contributed by atoms with Crippen molar-refractivity contribution in [3.05, 3.63) is 45.3 Å². The van der Waals surface area contributed by atoms with Crippen molar-refractivity contribution in [1.82, 2.24) is 29.5 Å². The summed E-state index contributed by atoms with van der Waals surface area (Å²) in [5, 5.41) is 11.5. The molecule has 0 bridgehead atoms. The first kappa shape index (κ1) is 24.2. The summed E-state index contributed by atoms with van der Waals surface area (Å²) >= 11 is 0. The number of hydrogen-bond acceptors (Lipinski definition) is 8. The van der Waals surface area contributed by atoms with Crippen LogP contribution in [0.3, 0.4) is 0 Å². The predicted octanol–water partition coefficient (Wildman–Crippen LogP) is 2.09. The topological polar surface area (TPSA) is 139 Å². The van der Waals surface area contributed by atoms with E-state index in [1.54, 1.807) is 6.33 Å². The lowest BCUT2D eigenvalue weighted by atomic mass is 10.0. The zero-order valence-electron chi connectivity index (χ0n) is 19.4. The monoisotopic (exact) mass is 507 g/mol. The second-order valence-corrected chi connectivity index (χ2v) is 9.07. The maximum Gasteiger partial charge on any atom is 0.490 e. The number of aromatic nitrogens is 6. The molecular formula is C22H24F3N7O4. The number of aliphatic carboxylic acids is 1. The average Bonchev–Trinajstić information content (AvgIpc) is 3.44. The zero-order chi connectivity index (χ0) is 25.6. The molecule has 0 aromatic carbocycles. The highest BCUT2D eigenvalue weighted by atomic mass is 19.4. The van der Waals surface area contributed by atoms with Crippen molar-refractivity contribution >= 4 is 17.3 Å². The van der Waals surface area contributed by atoms with E-state index in [0.29, 0.717) is 19.1 Å². The summed E-state index contributed by atoms with van der Waals surface area (Å²) in [6.07, 6.45) is 0.434. The standard InChI is InChI=1S/C20H23N7O2.C2HF3O2/c1-11-23-16(13-5-7-29-9-13)17-19(21-10-22-27(11)17)26-6-4-15-14(8-26)20(28)25-18(24-15)12-2-3-12;3-2(4,5)1(6)7/h10,12-13H,2-9H2,1H3,(H,24,25,28);(H,6,7)/t13-;/m1./s1. The van der Waals surface area contributed by atoms with Crippen LogP contribution in [0.25, 0.3) is 5.52 Å². The van der Waals surface area contributed by atoms with E-state index in [9.17, 15) is 18.0 Å². The van der Waals surface area contributed by atoms with Gasteiger partial charge in [0.15, 0.2) is 5.82 Å². The van der Waals surface area contributed by atoms with Gasteiger partial charge in [-0.3, -0.25) is 4.79 Å². The third kappa shape index (κ3) is 4.64. The summed E-state index contributed by atoms with van der Waals surface area (Å²) in [7, 11) is 0. The summed E-state index contributed by atoms with van der Waals surface area (Å²) in [6, 6.07) is 0. The fraction of sp³-hybridized carbons (Fsp3) is 0.545. The molecule has 1 saturated heterocycles. The van der Waals surface area contributed by atoms with Crippen molar-refractivity contribution in [2.75, 3.05) is 24.7 Å². The molecule has 6 rings (SSSR count). The van der Waals surface area contributed by atoms with E-state index >= 15 is 0 Å². The van der Waals surface area contributed by atoms with Crippen molar-refractivity contribution < 1.29 is 27.8 Å². The van der Waals surface area contributed by atoms with Gasteiger partial charge in [-0.1, -0.05) is 0 Å². The fourth-order valence-corrected chi connectivity index (χ4v) is 4.53. The molecule has 14 heteroatoms. The van der Waals surface area contributed by atoms with Gasteiger partial charge in [0, 0.05) is 31.4 Å². The molecule has 2 N–H and O–H groups in total. The molecule has 0 radical (unpaired) electrons. The number of fused-ring (bicyclic) bond motifs is 2.